The maximum absolute atomic E-state index is 5.90. The summed E-state index contributed by atoms with van der Waals surface area (Å²) in [5.41, 5.74) is 1.33. The van der Waals surface area contributed by atoms with E-state index in [-0.39, 0.29) is 0 Å². The van der Waals surface area contributed by atoms with Crippen molar-refractivity contribution in [2.45, 2.75) is 39.2 Å². The van der Waals surface area contributed by atoms with Crippen molar-refractivity contribution in [3.05, 3.63) is 34.9 Å². The highest BCUT2D eigenvalue weighted by Crippen LogP contribution is 2.25. The minimum absolute atomic E-state index is 0.446. The van der Waals surface area contributed by atoms with Gasteiger partial charge in [-0.25, -0.2) is 0 Å². The quantitative estimate of drug-likeness (QED) is 0.775. The largest absolute Gasteiger partial charge is 0.313 e. The van der Waals surface area contributed by atoms with Crippen LogP contribution in [0.25, 0.3) is 0 Å². The van der Waals surface area contributed by atoms with Gasteiger partial charge in [0.1, 0.15) is 0 Å². The van der Waals surface area contributed by atoms with Crippen molar-refractivity contribution in [1.82, 2.24) is 5.32 Å². The summed E-state index contributed by atoms with van der Waals surface area (Å²) in [5, 5.41) is 4.20. The molecule has 0 saturated heterocycles. The fourth-order valence-corrected chi connectivity index (χ4v) is 2.20. The number of hydrogen-bond donors (Lipinski definition) is 1. The van der Waals surface area contributed by atoms with Gasteiger partial charge in [0.15, 0.2) is 0 Å². The molecule has 0 spiro atoms. The Labute approximate surface area is 104 Å². The van der Waals surface area contributed by atoms with Crippen molar-refractivity contribution < 1.29 is 0 Å². The molecular formula is C14H22ClN. The zero-order chi connectivity index (χ0) is 12.0. The molecule has 1 aromatic rings. The van der Waals surface area contributed by atoms with Crippen LogP contribution in [0.5, 0.6) is 0 Å². The van der Waals surface area contributed by atoms with Gasteiger partial charge in [0.25, 0.3) is 0 Å². The summed E-state index contributed by atoms with van der Waals surface area (Å²) in [6, 6.07) is 8.61. The van der Waals surface area contributed by atoms with Crippen LogP contribution in [-0.4, -0.2) is 7.05 Å². The van der Waals surface area contributed by atoms with Crippen LogP contribution in [0.15, 0.2) is 24.3 Å². The number of benzene rings is 1. The molecule has 1 rings (SSSR count). The number of halogens is 1. The summed E-state index contributed by atoms with van der Waals surface area (Å²) >= 11 is 5.90. The molecule has 0 fully saturated rings. The molecule has 0 aromatic heterocycles. The van der Waals surface area contributed by atoms with Crippen molar-refractivity contribution in [3.8, 4) is 0 Å². The molecule has 1 N–H and O–H groups in total. The molecule has 0 bridgehead atoms. The first kappa shape index (κ1) is 13.5. The summed E-state index contributed by atoms with van der Waals surface area (Å²) in [5.74, 6) is 0.799. The van der Waals surface area contributed by atoms with Crippen LogP contribution in [0.2, 0.25) is 5.02 Å². The normalized spacial score (nSPS) is 13.1. The fraction of sp³-hybridized carbons (Fsp3) is 0.571. The Kier molecular flexibility index (Phi) is 5.86. The van der Waals surface area contributed by atoms with Gasteiger partial charge in [-0.3, -0.25) is 0 Å². The lowest BCUT2D eigenvalue weighted by Gasteiger charge is -2.22. The van der Waals surface area contributed by atoms with Gasteiger partial charge in [-0.2, -0.15) is 0 Å². The van der Waals surface area contributed by atoms with Crippen LogP contribution < -0.4 is 5.32 Å². The second kappa shape index (κ2) is 6.93. The molecule has 1 atom stereocenters. The third-order valence-electron chi connectivity index (χ3n) is 3.34. The lowest BCUT2D eigenvalue weighted by Crippen LogP contribution is -2.19. The van der Waals surface area contributed by atoms with E-state index < -0.39 is 0 Å². The third kappa shape index (κ3) is 3.80. The maximum Gasteiger partial charge on any atom is 0.0406 e. The van der Waals surface area contributed by atoms with E-state index in [4.69, 9.17) is 11.6 Å². The molecule has 1 nitrogen and oxygen atoms in total. The van der Waals surface area contributed by atoms with E-state index in [1.54, 1.807) is 0 Å². The standard InChI is InChI=1S/C14H22ClN/c1-4-11(5-2)10-14(16-3)12-6-8-13(15)9-7-12/h6-9,11,14,16H,4-5,10H2,1-3H3. The topological polar surface area (TPSA) is 12.0 Å². The number of hydrogen-bond acceptors (Lipinski definition) is 1. The Hall–Kier alpha value is -0.530. The van der Waals surface area contributed by atoms with E-state index in [2.05, 4.69) is 31.3 Å². The maximum atomic E-state index is 5.90. The van der Waals surface area contributed by atoms with Crippen molar-refractivity contribution in [1.29, 1.82) is 0 Å². The summed E-state index contributed by atoms with van der Waals surface area (Å²) in [6.45, 7) is 4.53. The molecule has 1 aromatic carbocycles. The van der Waals surface area contributed by atoms with Crippen LogP contribution in [-0.2, 0) is 0 Å². The molecule has 2 heteroatoms. The van der Waals surface area contributed by atoms with Crippen LogP contribution >= 0.6 is 11.6 Å². The molecule has 16 heavy (non-hydrogen) atoms. The van der Waals surface area contributed by atoms with Gasteiger partial charge < -0.3 is 5.32 Å². The highest BCUT2D eigenvalue weighted by atomic mass is 35.5. The van der Waals surface area contributed by atoms with Crippen molar-refractivity contribution in [3.63, 3.8) is 0 Å². The van der Waals surface area contributed by atoms with Crippen LogP contribution in [0.4, 0.5) is 0 Å². The predicted molar refractivity (Wildman–Crippen MR) is 71.9 cm³/mol. The zero-order valence-corrected chi connectivity index (χ0v) is 11.2. The van der Waals surface area contributed by atoms with E-state index in [0.29, 0.717) is 6.04 Å². The summed E-state index contributed by atoms with van der Waals surface area (Å²) < 4.78 is 0. The van der Waals surface area contributed by atoms with Crippen molar-refractivity contribution in [2.75, 3.05) is 7.05 Å². The summed E-state index contributed by atoms with van der Waals surface area (Å²) in [7, 11) is 2.03. The van der Waals surface area contributed by atoms with Gasteiger partial charge in [0.05, 0.1) is 0 Å². The first-order valence-corrected chi connectivity index (χ1v) is 6.51. The molecule has 90 valence electrons. The monoisotopic (exact) mass is 239 g/mol. The fourth-order valence-electron chi connectivity index (χ4n) is 2.07. The van der Waals surface area contributed by atoms with Gasteiger partial charge in [-0.1, -0.05) is 50.4 Å². The van der Waals surface area contributed by atoms with Crippen LogP contribution in [0.1, 0.15) is 44.7 Å². The average molecular weight is 240 g/mol. The van der Waals surface area contributed by atoms with Gasteiger partial charge >= 0.3 is 0 Å². The van der Waals surface area contributed by atoms with Gasteiger partial charge in [0, 0.05) is 11.1 Å². The SMILES string of the molecule is CCC(CC)CC(NC)c1ccc(Cl)cc1. The molecular weight excluding hydrogens is 218 g/mol. The van der Waals surface area contributed by atoms with E-state index in [1.165, 1.54) is 24.8 Å². The Bertz CT molecular complexity index is 290. The second-order valence-electron chi connectivity index (χ2n) is 4.31. The lowest BCUT2D eigenvalue weighted by molar-refractivity contribution is 0.385. The van der Waals surface area contributed by atoms with Crippen molar-refractivity contribution >= 4 is 11.6 Å². The van der Waals surface area contributed by atoms with Crippen LogP contribution in [0.3, 0.4) is 0 Å². The minimum atomic E-state index is 0.446. The highest BCUT2D eigenvalue weighted by molar-refractivity contribution is 6.30. The minimum Gasteiger partial charge on any atom is -0.313 e. The zero-order valence-electron chi connectivity index (χ0n) is 10.5. The highest BCUT2D eigenvalue weighted by Gasteiger charge is 2.14. The summed E-state index contributed by atoms with van der Waals surface area (Å²) in [4.78, 5) is 0. The molecule has 0 aliphatic carbocycles. The number of rotatable bonds is 6. The molecule has 0 amide bonds. The third-order valence-corrected chi connectivity index (χ3v) is 3.60. The molecule has 0 aliphatic rings. The average Bonchev–Trinajstić information content (AvgIpc) is 2.32. The predicted octanol–water partition coefficient (Wildman–Crippen LogP) is 4.43. The Morgan fingerprint density at radius 3 is 2.12 bits per heavy atom. The summed E-state index contributed by atoms with van der Waals surface area (Å²) in [6.07, 6.45) is 3.70. The molecule has 0 aliphatic heterocycles. The van der Waals surface area contributed by atoms with E-state index in [9.17, 15) is 0 Å². The lowest BCUT2D eigenvalue weighted by atomic mass is 9.91. The number of nitrogens with one attached hydrogen (secondary N) is 1. The van der Waals surface area contributed by atoms with E-state index in [1.807, 2.05) is 19.2 Å². The Balaban J connectivity index is 2.70. The Morgan fingerprint density at radius 2 is 1.69 bits per heavy atom. The molecule has 0 radical (unpaired) electrons. The van der Waals surface area contributed by atoms with Gasteiger partial charge in [0.2, 0.25) is 0 Å². The van der Waals surface area contributed by atoms with E-state index >= 15 is 0 Å². The smallest absolute Gasteiger partial charge is 0.0406 e. The molecule has 1 unspecified atom stereocenters. The Morgan fingerprint density at radius 1 is 1.12 bits per heavy atom. The molecule has 0 saturated carbocycles. The first-order chi connectivity index (χ1) is 7.71. The van der Waals surface area contributed by atoms with Gasteiger partial charge in [-0.05, 0) is 37.1 Å². The molecule has 0 heterocycles. The first-order valence-electron chi connectivity index (χ1n) is 6.13. The van der Waals surface area contributed by atoms with Gasteiger partial charge in [-0.15, -0.1) is 0 Å². The van der Waals surface area contributed by atoms with Crippen LogP contribution in [0, 0.1) is 5.92 Å². The second-order valence-corrected chi connectivity index (χ2v) is 4.75. The van der Waals surface area contributed by atoms with Crippen molar-refractivity contribution in [2.24, 2.45) is 5.92 Å². The van der Waals surface area contributed by atoms with E-state index in [0.717, 1.165) is 10.9 Å².